The molecule has 0 saturated heterocycles. The van der Waals surface area contributed by atoms with E-state index in [-0.39, 0.29) is 6.42 Å². The number of benzene rings is 2. The topological polar surface area (TPSA) is 99.4 Å². The molecule has 140 valence electrons. The molecule has 0 heterocycles. The first kappa shape index (κ1) is 20.3. The number of ether oxygens (including phenoxy) is 1. The van der Waals surface area contributed by atoms with Gasteiger partial charge in [-0.05, 0) is 43.0 Å². The number of hydrogen-bond donors (Lipinski definition) is 2. The Labute approximate surface area is 162 Å². The zero-order valence-corrected chi connectivity index (χ0v) is 15.8. The molecule has 2 rings (SSSR count). The van der Waals surface area contributed by atoms with Crippen LogP contribution in [0.2, 0.25) is 0 Å². The first-order chi connectivity index (χ1) is 12.9. The first-order valence-corrected chi connectivity index (χ1v) is 9.49. The molecule has 0 aliphatic carbocycles. The molecule has 2 N–H and O–H groups in total. The molecule has 2 unspecified atom stereocenters. The lowest BCUT2D eigenvalue weighted by atomic mass is 10.0. The molecule has 0 spiro atoms. The lowest BCUT2D eigenvalue weighted by molar-refractivity contribution is -0.138. The van der Waals surface area contributed by atoms with Gasteiger partial charge in [0.15, 0.2) is 6.10 Å². The van der Waals surface area contributed by atoms with Gasteiger partial charge in [-0.2, -0.15) is 5.26 Å². The van der Waals surface area contributed by atoms with Crippen molar-refractivity contribution in [3.8, 4) is 11.8 Å². The Morgan fingerprint density at radius 2 is 1.89 bits per heavy atom. The Morgan fingerprint density at radius 3 is 2.48 bits per heavy atom. The molecule has 0 radical (unpaired) electrons. The Kier molecular flexibility index (Phi) is 7.26. The van der Waals surface area contributed by atoms with Gasteiger partial charge in [-0.3, -0.25) is 9.59 Å². The number of thioether (sulfide) groups is 1. The molecule has 7 heteroatoms. The van der Waals surface area contributed by atoms with Crippen LogP contribution >= 0.6 is 11.8 Å². The smallest absolute Gasteiger partial charge is 0.305 e. The van der Waals surface area contributed by atoms with E-state index in [2.05, 4.69) is 5.32 Å². The van der Waals surface area contributed by atoms with Crippen molar-refractivity contribution in [2.75, 3.05) is 6.26 Å². The molecule has 0 fully saturated rings. The van der Waals surface area contributed by atoms with Gasteiger partial charge in [-0.1, -0.05) is 24.3 Å². The van der Waals surface area contributed by atoms with Crippen molar-refractivity contribution in [1.82, 2.24) is 5.32 Å². The third-order valence-electron chi connectivity index (χ3n) is 3.89. The zero-order valence-electron chi connectivity index (χ0n) is 15.0. The number of hydrogen-bond acceptors (Lipinski definition) is 5. The van der Waals surface area contributed by atoms with Crippen molar-refractivity contribution in [3.63, 3.8) is 0 Å². The Hall–Kier alpha value is -2.98. The van der Waals surface area contributed by atoms with E-state index < -0.39 is 24.0 Å². The van der Waals surface area contributed by atoms with E-state index >= 15 is 0 Å². The SMILES string of the molecule is CSc1ccc(C(CC(=O)O)NC(=O)C(C)Oc2ccccc2C#N)cc1. The van der Waals surface area contributed by atoms with Gasteiger partial charge in [0, 0.05) is 4.90 Å². The second-order valence-corrected chi connectivity index (χ2v) is 6.68. The number of carboxylic acids is 1. The Balaban J connectivity index is 2.12. The van der Waals surface area contributed by atoms with Gasteiger partial charge in [0.25, 0.3) is 5.91 Å². The second-order valence-electron chi connectivity index (χ2n) is 5.80. The first-order valence-electron chi connectivity index (χ1n) is 8.26. The molecule has 2 atom stereocenters. The molecular formula is C20H20N2O4S. The number of carboxylic acid groups (broad SMARTS) is 1. The van der Waals surface area contributed by atoms with Crippen molar-refractivity contribution in [3.05, 3.63) is 59.7 Å². The largest absolute Gasteiger partial charge is 0.481 e. The summed E-state index contributed by atoms with van der Waals surface area (Å²) in [6.45, 7) is 1.55. The molecule has 1 amide bonds. The number of nitriles is 1. The van der Waals surface area contributed by atoms with Crippen LogP contribution in [0.1, 0.15) is 30.5 Å². The third-order valence-corrected chi connectivity index (χ3v) is 4.64. The molecule has 2 aromatic rings. The summed E-state index contributed by atoms with van der Waals surface area (Å²) < 4.78 is 5.59. The molecule has 6 nitrogen and oxygen atoms in total. The van der Waals surface area contributed by atoms with E-state index in [9.17, 15) is 14.7 Å². The van der Waals surface area contributed by atoms with Gasteiger partial charge in [0.2, 0.25) is 0 Å². The van der Waals surface area contributed by atoms with Gasteiger partial charge in [0.05, 0.1) is 18.0 Å². The number of aliphatic carboxylic acids is 1. The fourth-order valence-electron chi connectivity index (χ4n) is 2.46. The van der Waals surface area contributed by atoms with E-state index in [1.54, 1.807) is 55.1 Å². The van der Waals surface area contributed by atoms with Crippen LogP contribution in [0.15, 0.2) is 53.4 Å². The number of amides is 1. The fourth-order valence-corrected chi connectivity index (χ4v) is 2.87. The van der Waals surface area contributed by atoms with Gasteiger partial charge in [0.1, 0.15) is 11.8 Å². The minimum Gasteiger partial charge on any atom is -0.481 e. The van der Waals surface area contributed by atoms with Crippen LogP contribution in [0.4, 0.5) is 0 Å². The normalized spacial score (nSPS) is 12.5. The maximum atomic E-state index is 12.5. The second kappa shape index (κ2) is 9.64. The van der Waals surface area contributed by atoms with Crippen LogP contribution in [0.3, 0.4) is 0 Å². The quantitative estimate of drug-likeness (QED) is 0.677. The van der Waals surface area contributed by atoms with Crippen LogP contribution < -0.4 is 10.1 Å². The number of nitrogens with zero attached hydrogens (tertiary/aromatic N) is 1. The standard InChI is InChI=1S/C20H20N2O4S/c1-13(26-18-6-4-3-5-15(18)12-21)20(25)22-17(11-19(23)24)14-7-9-16(27-2)10-8-14/h3-10,13,17H,11H2,1-2H3,(H,22,25)(H,23,24). The third kappa shape index (κ3) is 5.76. The lowest BCUT2D eigenvalue weighted by Crippen LogP contribution is -2.39. The van der Waals surface area contributed by atoms with Crippen LogP contribution in [-0.4, -0.2) is 29.3 Å². The molecule has 0 aromatic heterocycles. The highest BCUT2D eigenvalue weighted by molar-refractivity contribution is 7.98. The van der Waals surface area contributed by atoms with Crippen molar-refractivity contribution >= 4 is 23.6 Å². The summed E-state index contributed by atoms with van der Waals surface area (Å²) in [7, 11) is 0. The summed E-state index contributed by atoms with van der Waals surface area (Å²) >= 11 is 1.58. The van der Waals surface area contributed by atoms with Crippen molar-refractivity contribution in [2.24, 2.45) is 0 Å². The summed E-state index contributed by atoms with van der Waals surface area (Å²) in [5.41, 5.74) is 1.03. The summed E-state index contributed by atoms with van der Waals surface area (Å²) in [5.74, 6) is -1.16. The van der Waals surface area contributed by atoms with Crippen molar-refractivity contribution in [1.29, 1.82) is 5.26 Å². The van der Waals surface area contributed by atoms with Crippen LogP contribution in [0.5, 0.6) is 5.75 Å². The highest BCUT2D eigenvalue weighted by Crippen LogP contribution is 2.22. The summed E-state index contributed by atoms with van der Waals surface area (Å²) in [6, 6.07) is 15.3. The number of nitrogens with one attached hydrogen (secondary N) is 1. The summed E-state index contributed by atoms with van der Waals surface area (Å²) in [4.78, 5) is 24.8. The summed E-state index contributed by atoms with van der Waals surface area (Å²) in [5, 5.41) is 21.0. The number of carbonyl (C=O) groups is 2. The maximum Gasteiger partial charge on any atom is 0.305 e. The van der Waals surface area contributed by atoms with Gasteiger partial charge < -0.3 is 15.2 Å². The molecule has 0 bridgehead atoms. The number of carbonyl (C=O) groups excluding carboxylic acids is 1. The van der Waals surface area contributed by atoms with Gasteiger partial charge >= 0.3 is 5.97 Å². The van der Waals surface area contributed by atoms with E-state index in [0.717, 1.165) is 4.90 Å². The Bertz CT molecular complexity index is 846. The van der Waals surface area contributed by atoms with Crippen LogP contribution in [-0.2, 0) is 9.59 Å². The minimum atomic E-state index is -1.02. The van der Waals surface area contributed by atoms with Gasteiger partial charge in [-0.15, -0.1) is 11.8 Å². The van der Waals surface area contributed by atoms with Crippen LogP contribution in [0.25, 0.3) is 0 Å². The summed E-state index contributed by atoms with van der Waals surface area (Å²) in [6.07, 6.45) is 0.816. The van der Waals surface area contributed by atoms with E-state index in [4.69, 9.17) is 10.00 Å². The average Bonchev–Trinajstić information content (AvgIpc) is 2.67. The molecule has 2 aromatic carbocycles. The minimum absolute atomic E-state index is 0.244. The Morgan fingerprint density at radius 1 is 1.22 bits per heavy atom. The zero-order chi connectivity index (χ0) is 19.8. The van der Waals surface area contributed by atoms with Gasteiger partial charge in [-0.25, -0.2) is 0 Å². The van der Waals surface area contributed by atoms with Crippen LogP contribution in [0, 0.1) is 11.3 Å². The van der Waals surface area contributed by atoms with E-state index in [1.165, 1.54) is 0 Å². The maximum absolute atomic E-state index is 12.5. The van der Waals surface area contributed by atoms with Crippen molar-refractivity contribution in [2.45, 2.75) is 30.4 Å². The highest BCUT2D eigenvalue weighted by atomic mass is 32.2. The molecule has 0 saturated carbocycles. The number of para-hydroxylation sites is 1. The predicted molar refractivity (Wildman–Crippen MR) is 103 cm³/mol. The molecule has 27 heavy (non-hydrogen) atoms. The molecule has 0 aliphatic heterocycles. The highest BCUT2D eigenvalue weighted by Gasteiger charge is 2.23. The monoisotopic (exact) mass is 384 g/mol. The van der Waals surface area contributed by atoms with E-state index in [0.29, 0.717) is 16.9 Å². The molecule has 0 aliphatic rings. The number of rotatable bonds is 8. The average molecular weight is 384 g/mol. The fraction of sp³-hybridized carbons (Fsp3) is 0.250. The van der Waals surface area contributed by atoms with Crippen molar-refractivity contribution < 1.29 is 19.4 Å². The van der Waals surface area contributed by atoms with E-state index in [1.807, 2.05) is 24.5 Å². The lowest BCUT2D eigenvalue weighted by Gasteiger charge is -2.21. The molecular weight excluding hydrogens is 364 g/mol. The predicted octanol–water partition coefficient (Wildman–Crippen LogP) is 3.38.